The first-order chi connectivity index (χ1) is 35.9. The maximum Gasteiger partial charge on any atom is 0.410 e. The van der Waals surface area contributed by atoms with Gasteiger partial charge in [-0.05, 0) is 155 Å². The fraction of sp³-hybridized carbons (Fsp3) is 0.389. The SMILES string of the molecule is CC(=O)O.CC(C)(C)OC(=O)N1CCC(Oc2ccc(NC(=S)N=C(N)SCP)cc2)C1.Nc1nc(Nc2ccc(OC3CCNC3)cc2)sc1C(=O)c1cccc(C2CC2)c1.O=C(CBr)c1cccc(C2CC2)c1. The van der Waals surface area contributed by atoms with E-state index in [9.17, 15) is 14.4 Å². The molecule has 4 aliphatic rings. The van der Waals surface area contributed by atoms with Crippen molar-refractivity contribution < 1.29 is 38.5 Å². The Kier molecular flexibility index (Phi) is 22.3. The van der Waals surface area contributed by atoms with E-state index in [4.69, 9.17) is 47.8 Å². The van der Waals surface area contributed by atoms with Crippen LogP contribution in [0.4, 0.5) is 27.1 Å². The number of benzene rings is 4. The van der Waals surface area contributed by atoms with Crippen molar-refractivity contribution in [2.75, 3.05) is 53.4 Å². The number of ketones is 2. The molecule has 0 radical (unpaired) electrons. The van der Waals surface area contributed by atoms with E-state index in [1.165, 1.54) is 59.9 Å². The summed E-state index contributed by atoms with van der Waals surface area (Å²) in [5.41, 5.74) is 17.8. The van der Waals surface area contributed by atoms with Crippen molar-refractivity contribution in [1.29, 1.82) is 0 Å². The van der Waals surface area contributed by atoms with E-state index in [0.717, 1.165) is 72.7 Å². The Hall–Kier alpha value is -5.63. The lowest BCUT2D eigenvalue weighted by Crippen LogP contribution is -2.36. The van der Waals surface area contributed by atoms with Crippen LogP contribution in [0.3, 0.4) is 0 Å². The van der Waals surface area contributed by atoms with Gasteiger partial charge in [-0.1, -0.05) is 75.4 Å². The van der Waals surface area contributed by atoms with Crippen LogP contribution in [-0.2, 0) is 9.53 Å². The molecule has 3 heterocycles. The summed E-state index contributed by atoms with van der Waals surface area (Å²) in [4.78, 5) is 56.1. The molecule has 4 fully saturated rings. The summed E-state index contributed by atoms with van der Waals surface area (Å²) in [7, 11) is 2.56. The van der Waals surface area contributed by atoms with Gasteiger partial charge in [0, 0.05) is 54.4 Å². The molecule has 2 aliphatic carbocycles. The number of amidine groups is 1. The predicted octanol–water partition coefficient (Wildman–Crippen LogP) is 11.2. The number of carbonyl (C=O) groups excluding carboxylic acids is 3. The van der Waals surface area contributed by atoms with Crippen molar-refractivity contribution in [1.82, 2.24) is 15.2 Å². The number of aliphatic imine (C=N–C) groups is 1. The van der Waals surface area contributed by atoms with Gasteiger partial charge in [0.25, 0.3) is 5.97 Å². The molecule has 0 bridgehead atoms. The number of aliphatic carboxylic acids is 1. The van der Waals surface area contributed by atoms with Crippen LogP contribution in [-0.4, -0.2) is 104 Å². The number of nitrogens with two attached hydrogens (primary N) is 2. The largest absolute Gasteiger partial charge is 0.489 e. The number of nitrogen functional groups attached to an aromatic ring is 1. The highest BCUT2D eigenvalue weighted by molar-refractivity contribution is 9.09. The van der Waals surface area contributed by atoms with Crippen molar-refractivity contribution in [3.05, 3.63) is 124 Å². The quantitative estimate of drug-likeness (QED) is 0.0152. The third-order valence-electron chi connectivity index (χ3n) is 11.5. The fourth-order valence-electron chi connectivity index (χ4n) is 7.65. The molecule has 400 valence electrons. The highest BCUT2D eigenvalue weighted by atomic mass is 79.9. The van der Waals surface area contributed by atoms with E-state index in [0.29, 0.717) is 50.2 Å². The van der Waals surface area contributed by atoms with Crippen LogP contribution in [0.1, 0.15) is 115 Å². The van der Waals surface area contributed by atoms with Gasteiger partial charge in [-0.3, -0.25) is 14.4 Å². The second-order valence-corrected chi connectivity index (χ2v) is 23.0. The van der Waals surface area contributed by atoms with E-state index in [1.54, 1.807) is 4.90 Å². The minimum atomic E-state index is -0.833. The number of Topliss-reactive ketones (excluding diaryl/α,β-unsaturated/α-hetero) is 1. The van der Waals surface area contributed by atoms with E-state index in [1.807, 2.05) is 106 Å². The summed E-state index contributed by atoms with van der Waals surface area (Å²) in [5.74, 6) is 2.43. The zero-order valence-electron chi connectivity index (χ0n) is 42.5. The van der Waals surface area contributed by atoms with E-state index in [2.05, 4.69) is 63.2 Å². The smallest absolute Gasteiger partial charge is 0.410 e. The zero-order valence-corrected chi connectivity index (χ0v) is 47.7. The lowest BCUT2D eigenvalue weighted by Gasteiger charge is -2.24. The Balaban J connectivity index is 0.000000188. The lowest BCUT2D eigenvalue weighted by molar-refractivity contribution is -0.134. The van der Waals surface area contributed by atoms with Crippen LogP contribution in [0.15, 0.2) is 102 Å². The molecule has 4 aromatic carbocycles. The van der Waals surface area contributed by atoms with E-state index < -0.39 is 11.6 Å². The van der Waals surface area contributed by atoms with Gasteiger partial charge in [-0.15, -0.1) is 9.24 Å². The lowest BCUT2D eigenvalue weighted by atomic mass is 10.0. The summed E-state index contributed by atoms with van der Waals surface area (Å²) in [6.45, 7) is 9.69. The predicted molar refractivity (Wildman–Crippen MR) is 313 cm³/mol. The number of ether oxygens (including phenoxy) is 3. The molecule has 1 aromatic heterocycles. The molecule has 2 saturated heterocycles. The third kappa shape index (κ3) is 20.1. The molecule has 0 spiro atoms. The monoisotopic (exact) mass is 1160 g/mol. The maximum absolute atomic E-state index is 13.0. The average Bonchev–Trinajstić information content (AvgIpc) is 4.27. The molecule has 8 N–H and O–H groups in total. The van der Waals surface area contributed by atoms with Gasteiger partial charge in [0.1, 0.15) is 40.0 Å². The second kappa shape index (κ2) is 28.5. The first-order valence-electron chi connectivity index (χ1n) is 24.6. The van der Waals surface area contributed by atoms with Crippen LogP contribution in [0.25, 0.3) is 0 Å². The van der Waals surface area contributed by atoms with E-state index in [-0.39, 0.29) is 35.7 Å². The molecule has 75 heavy (non-hydrogen) atoms. The number of likely N-dealkylation sites (tertiary alicyclic amines) is 1. The number of rotatable bonds is 14. The number of thioether (sulfide) groups is 1. The molecule has 16 nitrogen and oxygen atoms in total. The number of amides is 1. The normalized spacial score (nSPS) is 16.9. The van der Waals surface area contributed by atoms with Gasteiger partial charge in [0.05, 0.1) is 11.9 Å². The standard InChI is InChI=1S/C23H24N4O2S.C18H27N4O3PS2.C11H11BrO.C2H4O2/c24-22-21(20(28)16-3-1-2-15(12-16)14-4-5-14)30-23(27-22)26-17-6-8-18(9-7-17)29-19-10-11-25-13-19;1-18(2,3)25-17(23)22-9-8-14(10-22)24-13-6-4-12(5-7-13)20-16(27)21-15(19)28-11-26;12-7-11(13)10-3-1-2-9(6-10)8-4-5-8;1-2(3)4/h1-3,6-9,12,14,19,25H,4-5,10-11,13,24H2,(H,26,27);4-7,14H,8-11,26H2,1-3H3,(H3,19,20,21,27);1-3,6,8H,4-5,7H2;1H3,(H,3,4). The second-order valence-electron chi connectivity index (χ2n) is 19.0. The molecule has 1 amide bonds. The fourth-order valence-corrected chi connectivity index (χ4v) is 9.95. The molecule has 3 atom stereocenters. The first kappa shape index (κ1) is 58.6. The Morgan fingerprint density at radius 3 is 2.01 bits per heavy atom. The minimum absolute atomic E-state index is 0.0549. The number of anilines is 4. The Morgan fingerprint density at radius 2 is 1.47 bits per heavy atom. The van der Waals surface area contributed by atoms with Gasteiger partial charge in [0.2, 0.25) is 5.78 Å². The summed E-state index contributed by atoms with van der Waals surface area (Å²) in [6, 6.07) is 31.1. The molecule has 5 aromatic rings. The van der Waals surface area contributed by atoms with Crippen LogP contribution in [0, 0.1) is 0 Å². The van der Waals surface area contributed by atoms with Crippen molar-refractivity contribution >= 4 is 117 Å². The van der Waals surface area contributed by atoms with Gasteiger partial charge in [-0.25, -0.2) is 9.78 Å². The third-order valence-corrected chi connectivity index (χ3v) is 14.2. The van der Waals surface area contributed by atoms with Gasteiger partial charge in [0.15, 0.2) is 21.2 Å². The van der Waals surface area contributed by atoms with Crippen LogP contribution >= 0.6 is 60.5 Å². The Bertz CT molecular complexity index is 2760. The van der Waals surface area contributed by atoms with Crippen molar-refractivity contribution in [3.8, 4) is 11.5 Å². The van der Waals surface area contributed by atoms with Gasteiger partial charge >= 0.3 is 6.09 Å². The number of thiazole rings is 1. The van der Waals surface area contributed by atoms with E-state index >= 15 is 0 Å². The number of hydrogen-bond donors (Lipinski definition) is 6. The van der Waals surface area contributed by atoms with Crippen LogP contribution in [0.5, 0.6) is 11.5 Å². The number of aromatic nitrogens is 1. The number of carboxylic acids is 1. The Morgan fingerprint density at radius 1 is 0.893 bits per heavy atom. The number of hydrogen-bond acceptors (Lipinski definition) is 14. The number of alkyl halides is 1. The number of nitrogens with zero attached hydrogens (tertiary/aromatic N) is 3. The highest BCUT2D eigenvalue weighted by Gasteiger charge is 2.31. The highest BCUT2D eigenvalue weighted by Crippen LogP contribution is 2.41. The van der Waals surface area contributed by atoms with Crippen molar-refractivity contribution in [2.24, 2.45) is 10.7 Å². The molecule has 3 unspecified atom stereocenters. The van der Waals surface area contributed by atoms with Crippen LogP contribution < -0.4 is 36.9 Å². The molecule has 21 heteroatoms. The molecule has 2 aliphatic heterocycles. The Labute approximate surface area is 463 Å². The average molecular weight is 1160 g/mol. The molecule has 9 rings (SSSR count). The van der Waals surface area contributed by atoms with Crippen molar-refractivity contribution in [3.63, 3.8) is 0 Å². The summed E-state index contributed by atoms with van der Waals surface area (Å²) >= 11 is 11.0. The molecule has 2 saturated carbocycles. The van der Waals surface area contributed by atoms with Gasteiger partial charge < -0.3 is 51.6 Å². The zero-order chi connectivity index (χ0) is 54.1. The van der Waals surface area contributed by atoms with Gasteiger partial charge in [-0.2, -0.15) is 4.99 Å². The van der Waals surface area contributed by atoms with Crippen LogP contribution in [0.2, 0.25) is 0 Å². The number of carbonyl (C=O) groups is 4. The molecular weight excluding hydrogens is 1100 g/mol. The minimum Gasteiger partial charge on any atom is -0.489 e. The number of thiocarbonyl (C=S) groups is 1. The number of carboxylic acid groups (broad SMARTS) is 1. The summed E-state index contributed by atoms with van der Waals surface area (Å²) < 4.78 is 17.3. The number of nitrogens with one attached hydrogen (secondary N) is 3. The summed E-state index contributed by atoms with van der Waals surface area (Å²) in [5, 5.41) is 18.7. The maximum atomic E-state index is 13.0. The number of halogens is 1. The summed E-state index contributed by atoms with van der Waals surface area (Å²) in [6.07, 6.45) is 6.65. The molecular formula is C54H66BrN8O8PS3. The van der Waals surface area contributed by atoms with Crippen molar-refractivity contribution in [2.45, 2.75) is 95.9 Å². The first-order valence-corrected chi connectivity index (χ1v) is 28.8. The topological polar surface area (TPSA) is 233 Å².